The Bertz CT molecular complexity index is 754. The molecule has 0 saturated heterocycles. The molecular weight excluding hydrogens is 270 g/mol. The number of halogens is 1. The van der Waals surface area contributed by atoms with Crippen molar-refractivity contribution in [1.82, 2.24) is 4.98 Å². The number of para-hydroxylation sites is 2. The summed E-state index contributed by atoms with van der Waals surface area (Å²) in [5.41, 5.74) is 1.74. The number of pyridine rings is 1. The third-order valence-corrected chi connectivity index (χ3v) is 3.77. The minimum absolute atomic E-state index is 0.710. The van der Waals surface area contributed by atoms with Crippen molar-refractivity contribution in [3.05, 3.63) is 47.5 Å². The highest BCUT2D eigenvalue weighted by Crippen LogP contribution is 2.34. The first kappa shape index (κ1) is 13.2. The second kappa shape index (κ2) is 5.68. The predicted octanol–water partition coefficient (Wildman–Crippen LogP) is 5.22. The van der Waals surface area contributed by atoms with Crippen LogP contribution in [0.2, 0.25) is 5.02 Å². The summed E-state index contributed by atoms with van der Waals surface area (Å²) in [6, 6.07) is 13.8. The van der Waals surface area contributed by atoms with Crippen molar-refractivity contribution in [2.75, 3.05) is 6.61 Å². The van der Waals surface area contributed by atoms with Gasteiger partial charge in [-0.05, 0) is 18.6 Å². The molecule has 0 fully saturated rings. The van der Waals surface area contributed by atoms with Crippen LogP contribution in [-0.4, -0.2) is 11.6 Å². The van der Waals surface area contributed by atoms with E-state index in [-0.39, 0.29) is 0 Å². The summed E-state index contributed by atoms with van der Waals surface area (Å²) in [5, 5.41) is 2.67. The van der Waals surface area contributed by atoms with Crippen LogP contribution in [0.25, 0.3) is 21.8 Å². The Morgan fingerprint density at radius 3 is 2.70 bits per heavy atom. The van der Waals surface area contributed by atoms with Crippen molar-refractivity contribution in [2.24, 2.45) is 0 Å². The fourth-order valence-corrected chi connectivity index (χ4v) is 2.59. The Kier molecular flexibility index (Phi) is 3.75. The third kappa shape index (κ3) is 2.32. The van der Waals surface area contributed by atoms with Crippen LogP contribution in [0.3, 0.4) is 0 Å². The van der Waals surface area contributed by atoms with E-state index in [9.17, 15) is 0 Å². The lowest BCUT2D eigenvalue weighted by atomic mass is 10.1. The Morgan fingerprint density at radius 1 is 1.05 bits per heavy atom. The van der Waals surface area contributed by atoms with Crippen molar-refractivity contribution in [3.8, 4) is 5.75 Å². The average Bonchev–Trinajstić information content (AvgIpc) is 2.48. The van der Waals surface area contributed by atoms with Crippen molar-refractivity contribution in [2.45, 2.75) is 19.8 Å². The quantitative estimate of drug-likeness (QED) is 0.484. The Morgan fingerprint density at radius 2 is 1.85 bits per heavy atom. The second-order valence-corrected chi connectivity index (χ2v) is 5.18. The summed E-state index contributed by atoms with van der Waals surface area (Å²) in [5.74, 6) is 0.809. The molecule has 20 heavy (non-hydrogen) atoms. The van der Waals surface area contributed by atoms with Gasteiger partial charge in [0.25, 0.3) is 0 Å². The molecule has 0 aliphatic rings. The third-order valence-electron chi connectivity index (χ3n) is 3.36. The molecule has 0 unspecified atom stereocenters. The van der Waals surface area contributed by atoms with Gasteiger partial charge < -0.3 is 4.74 Å². The second-order valence-electron chi connectivity index (χ2n) is 4.80. The van der Waals surface area contributed by atoms with Crippen LogP contribution >= 0.6 is 11.6 Å². The van der Waals surface area contributed by atoms with Crippen LogP contribution in [0.5, 0.6) is 5.75 Å². The molecule has 2 aromatic carbocycles. The van der Waals surface area contributed by atoms with Gasteiger partial charge in [0.15, 0.2) is 0 Å². The van der Waals surface area contributed by atoms with Gasteiger partial charge in [-0.1, -0.05) is 55.3 Å². The number of rotatable bonds is 4. The van der Waals surface area contributed by atoms with E-state index in [1.54, 1.807) is 0 Å². The molecule has 1 heterocycles. The molecule has 0 atom stereocenters. The Balaban J connectivity index is 2.18. The summed E-state index contributed by atoms with van der Waals surface area (Å²) < 4.78 is 5.84. The van der Waals surface area contributed by atoms with Crippen molar-refractivity contribution in [1.29, 1.82) is 0 Å². The maximum Gasteiger partial charge on any atom is 0.145 e. The summed E-state index contributed by atoms with van der Waals surface area (Å²) in [4.78, 5) is 4.71. The van der Waals surface area contributed by atoms with Gasteiger partial charge in [0.1, 0.15) is 11.3 Å². The summed E-state index contributed by atoms with van der Waals surface area (Å²) in [6.07, 6.45) is 2.15. The lowest BCUT2D eigenvalue weighted by Crippen LogP contribution is -1.98. The zero-order valence-corrected chi connectivity index (χ0v) is 12.2. The molecule has 0 bridgehead atoms. The summed E-state index contributed by atoms with van der Waals surface area (Å²) in [6.45, 7) is 2.86. The fraction of sp³-hybridized carbons (Fsp3) is 0.235. The Labute approximate surface area is 123 Å². The van der Waals surface area contributed by atoms with Crippen molar-refractivity contribution in [3.63, 3.8) is 0 Å². The van der Waals surface area contributed by atoms with E-state index in [0.717, 1.165) is 45.4 Å². The lowest BCUT2D eigenvalue weighted by molar-refractivity contribution is 0.312. The highest BCUT2D eigenvalue weighted by molar-refractivity contribution is 6.40. The highest BCUT2D eigenvalue weighted by Gasteiger charge is 2.10. The topological polar surface area (TPSA) is 22.1 Å². The van der Waals surface area contributed by atoms with Crippen LogP contribution in [-0.2, 0) is 0 Å². The highest BCUT2D eigenvalue weighted by atomic mass is 35.5. The molecule has 0 amide bonds. The molecule has 2 nitrogen and oxygen atoms in total. The zero-order valence-electron chi connectivity index (χ0n) is 11.4. The van der Waals surface area contributed by atoms with Gasteiger partial charge in [-0.3, -0.25) is 0 Å². The van der Waals surface area contributed by atoms with Gasteiger partial charge >= 0.3 is 0 Å². The standard InChI is InChI=1S/C17H16ClNO/c1-2-3-11-20-15-10-6-8-13-16(18)12-7-4-5-9-14(12)19-17(13)15/h4-10H,2-3,11H2,1H3. The average molecular weight is 286 g/mol. The Hall–Kier alpha value is -1.80. The summed E-state index contributed by atoms with van der Waals surface area (Å²) >= 11 is 6.51. The first-order valence-corrected chi connectivity index (χ1v) is 7.29. The van der Waals surface area contributed by atoms with Crippen LogP contribution in [0.1, 0.15) is 19.8 Å². The number of unbranched alkanes of at least 4 members (excludes halogenated alkanes) is 1. The molecule has 102 valence electrons. The molecule has 0 aliphatic heterocycles. The smallest absolute Gasteiger partial charge is 0.145 e. The number of aromatic nitrogens is 1. The first-order chi connectivity index (χ1) is 9.81. The normalized spacial score (nSPS) is 11.1. The van der Waals surface area contributed by atoms with E-state index in [0.29, 0.717) is 6.61 Å². The molecule has 0 N–H and O–H groups in total. The largest absolute Gasteiger partial charge is 0.491 e. The molecule has 0 aliphatic carbocycles. The molecule has 3 heteroatoms. The van der Waals surface area contributed by atoms with Gasteiger partial charge in [-0.25, -0.2) is 4.98 Å². The molecule has 1 aromatic heterocycles. The molecule has 0 radical (unpaired) electrons. The summed E-state index contributed by atoms with van der Waals surface area (Å²) in [7, 11) is 0. The lowest BCUT2D eigenvalue weighted by Gasteiger charge is -2.10. The zero-order chi connectivity index (χ0) is 13.9. The number of hydrogen-bond acceptors (Lipinski definition) is 2. The fourth-order valence-electron chi connectivity index (χ4n) is 2.28. The van der Waals surface area contributed by atoms with Gasteiger partial charge in [0, 0.05) is 10.8 Å². The van der Waals surface area contributed by atoms with Crippen LogP contribution in [0, 0.1) is 0 Å². The van der Waals surface area contributed by atoms with E-state index in [1.165, 1.54) is 0 Å². The SMILES string of the molecule is CCCCOc1cccc2c(Cl)c3ccccc3nc12. The van der Waals surface area contributed by atoms with Crippen LogP contribution < -0.4 is 4.74 Å². The first-order valence-electron chi connectivity index (χ1n) is 6.91. The number of hydrogen-bond donors (Lipinski definition) is 0. The molecule has 3 rings (SSSR count). The van der Waals surface area contributed by atoms with E-state index in [2.05, 4.69) is 6.92 Å². The molecule has 0 saturated carbocycles. The van der Waals surface area contributed by atoms with E-state index < -0.39 is 0 Å². The van der Waals surface area contributed by atoms with E-state index >= 15 is 0 Å². The van der Waals surface area contributed by atoms with E-state index in [1.807, 2.05) is 42.5 Å². The monoisotopic (exact) mass is 285 g/mol. The van der Waals surface area contributed by atoms with E-state index in [4.69, 9.17) is 21.3 Å². The van der Waals surface area contributed by atoms with Crippen LogP contribution in [0.4, 0.5) is 0 Å². The van der Waals surface area contributed by atoms with Gasteiger partial charge in [0.2, 0.25) is 0 Å². The molecule has 3 aromatic rings. The van der Waals surface area contributed by atoms with Crippen molar-refractivity contribution >= 4 is 33.4 Å². The number of ether oxygens (including phenoxy) is 1. The van der Waals surface area contributed by atoms with Crippen LogP contribution in [0.15, 0.2) is 42.5 Å². The van der Waals surface area contributed by atoms with Gasteiger partial charge in [0.05, 0.1) is 17.1 Å². The van der Waals surface area contributed by atoms with Crippen molar-refractivity contribution < 1.29 is 4.74 Å². The van der Waals surface area contributed by atoms with Gasteiger partial charge in [-0.15, -0.1) is 0 Å². The maximum absolute atomic E-state index is 6.51. The molecular formula is C17H16ClNO. The number of nitrogens with zero attached hydrogens (tertiary/aromatic N) is 1. The minimum atomic E-state index is 0.710. The maximum atomic E-state index is 6.51. The number of benzene rings is 2. The molecule has 0 spiro atoms. The minimum Gasteiger partial charge on any atom is -0.491 e. The number of fused-ring (bicyclic) bond motifs is 2. The van der Waals surface area contributed by atoms with Gasteiger partial charge in [-0.2, -0.15) is 0 Å². The predicted molar refractivity (Wildman–Crippen MR) is 84.7 cm³/mol.